The van der Waals surface area contributed by atoms with Crippen LogP contribution >= 0.6 is 34.4 Å². The van der Waals surface area contributed by atoms with E-state index in [-0.39, 0.29) is 21.7 Å². The molecule has 1 aliphatic rings. The zero-order chi connectivity index (χ0) is 43.4. The number of rotatable bonds is 4. The van der Waals surface area contributed by atoms with Gasteiger partial charge in [-0.25, -0.2) is 0 Å². The van der Waals surface area contributed by atoms with E-state index in [0.29, 0.717) is 6.42 Å². The van der Waals surface area contributed by atoms with Gasteiger partial charge in [-0.15, -0.1) is 0 Å². The van der Waals surface area contributed by atoms with Crippen molar-refractivity contribution in [2.45, 2.75) is 117 Å². The van der Waals surface area contributed by atoms with Crippen molar-refractivity contribution >= 4 is 34.4 Å². The first-order valence-electron chi connectivity index (χ1n) is 16.4. The summed E-state index contributed by atoms with van der Waals surface area (Å²) >= 11 is 0. The smallest absolute Gasteiger partial charge is 0.324 e. The Hall–Kier alpha value is -0.640. The van der Waals surface area contributed by atoms with E-state index < -0.39 is 65.7 Å². The van der Waals surface area contributed by atoms with Gasteiger partial charge in [0.1, 0.15) is 11.9 Å². The highest BCUT2D eigenvalue weighted by atomic mass is 31.2. The average molecular weight is 853 g/mol. The Bertz CT molecular complexity index is 1350. The van der Waals surface area contributed by atoms with E-state index in [1.165, 1.54) is 11.1 Å². The van der Waals surface area contributed by atoms with Crippen LogP contribution < -0.4 is 4.74 Å². The zero-order valence-corrected chi connectivity index (χ0v) is 36.7. The standard InChI is InChI=1S/C34H52O4.4H3O3P/c1-30(2,3)23-14-21-13-22-15-24(31(4,5)6)17-26(33(10,11)12)28(22)38-29(34(18-35,19-36)20-37)27(21)25(16-23)32(7,8)9;4*1-4(2)3/h14-17,29,35-37H,13,18-20H2,1-12H3;4*1-3H. The lowest BCUT2D eigenvalue weighted by Gasteiger charge is -2.40. The molecule has 0 saturated carbocycles. The SMILES string of the molecule is CC(C)(C)c1cc2c(c(C(C)(C)C)c1)OC(C(CO)(CO)CO)c1c(cc(C(C)(C)C)cc1C(C)(C)C)C2.OP(O)O.OP(O)O.OP(O)O.OP(O)O. The van der Waals surface area contributed by atoms with E-state index in [9.17, 15) is 15.3 Å². The van der Waals surface area contributed by atoms with Crippen molar-refractivity contribution in [3.63, 3.8) is 0 Å². The maximum Gasteiger partial charge on any atom is 0.324 e. The number of ether oxygens (including phenoxy) is 1. The second-order valence-electron chi connectivity index (χ2n) is 16.7. The summed E-state index contributed by atoms with van der Waals surface area (Å²) in [6, 6.07) is 9.09. The lowest BCUT2D eigenvalue weighted by Crippen LogP contribution is -2.44. The fourth-order valence-corrected chi connectivity index (χ4v) is 5.38. The Morgan fingerprint density at radius 1 is 0.481 bits per heavy atom. The molecular weight excluding hydrogens is 788 g/mol. The van der Waals surface area contributed by atoms with Crippen molar-refractivity contribution < 1.29 is 78.8 Å². The van der Waals surface area contributed by atoms with Crippen molar-refractivity contribution in [3.8, 4) is 5.75 Å². The van der Waals surface area contributed by atoms with E-state index in [4.69, 9.17) is 63.5 Å². The Morgan fingerprint density at radius 2 is 0.778 bits per heavy atom. The molecule has 0 amide bonds. The molecule has 15 N–H and O–H groups in total. The molecule has 2 aromatic rings. The molecule has 20 heteroatoms. The van der Waals surface area contributed by atoms with Gasteiger partial charge in [-0.05, 0) is 49.5 Å². The van der Waals surface area contributed by atoms with Gasteiger partial charge in [0.15, 0.2) is 0 Å². The van der Waals surface area contributed by atoms with Gasteiger partial charge in [0.05, 0.1) is 25.2 Å². The van der Waals surface area contributed by atoms with Crippen molar-refractivity contribution in [3.05, 3.63) is 63.2 Å². The quantitative estimate of drug-likeness (QED) is 0.195. The number of aliphatic hydroxyl groups excluding tert-OH is 3. The number of hydrogen-bond donors (Lipinski definition) is 15. The van der Waals surface area contributed by atoms with Crippen LogP contribution in [0.25, 0.3) is 0 Å². The van der Waals surface area contributed by atoms with Crippen LogP contribution in [0.15, 0.2) is 24.3 Å². The Labute approximate surface area is 324 Å². The lowest BCUT2D eigenvalue weighted by atomic mass is 9.70. The van der Waals surface area contributed by atoms with Gasteiger partial charge >= 0.3 is 34.4 Å². The van der Waals surface area contributed by atoms with Crippen molar-refractivity contribution in [2.75, 3.05) is 19.8 Å². The second-order valence-corrected chi connectivity index (χ2v) is 18.8. The van der Waals surface area contributed by atoms with Crippen molar-refractivity contribution in [1.29, 1.82) is 0 Å². The van der Waals surface area contributed by atoms with E-state index in [2.05, 4.69) is 107 Å². The van der Waals surface area contributed by atoms with Gasteiger partial charge in [0.2, 0.25) is 0 Å². The van der Waals surface area contributed by atoms with Crippen LogP contribution in [0, 0.1) is 5.41 Å². The molecule has 2 aromatic carbocycles. The Balaban J connectivity index is 0. The molecule has 16 nitrogen and oxygen atoms in total. The van der Waals surface area contributed by atoms with Crippen LogP contribution in [0.2, 0.25) is 0 Å². The van der Waals surface area contributed by atoms with Gasteiger partial charge in [0.25, 0.3) is 0 Å². The Kier molecular flexibility index (Phi) is 23.7. The van der Waals surface area contributed by atoms with Gasteiger partial charge < -0.3 is 78.8 Å². The molecule has 0 aliphatic carbocycles. The fraction of sp³-hybridized carbons (Fsp3) is 0.647. The monoisotopic (exact) mass is 852 g/mol. The molecule has 0 aromatic heterocycles. The summed E-state index contributed by atoms with van der Waals surface area (Å²) in [5.41, 5.74) is 6.18. The average Bonchev–Trinajstić information content (AvgIpc) is 3.11. The first kappa shape index (κ1) is 55.5. The predicted octanol–water partition coefficient (Wildman–Crippen LogP) is 3.63. The van der Waals surface area contributed by atoms with E-state index >= 15 is 0 Å². The number of fused-ring (bicyclic) bond motifs is 2. The normalized spacial score (nSPS) is 14.6. The minimum absolute atomic E-state index is 0.0432. The highest BCUT2D eigenvalue weighted by molar-refractivity contribution is 7.38. The van der Waals surface area contributed by atoms with Gasteiger partial charge in [0, 0.05) is 17.5 Å². The van der Waals surface area contributed by atoms with Gasteiger partial charge in [-0.1, -0.05) is 107 Å². The molecule has 1 unspecified atom stereocenters. The van der Waals surface area contributed by atoms with E-state index in [0.717, 1.165) is 33.6 Å². The summed E-state index contributed by atoms with van der Waals surface area (Å²) in [6.07, 6.45) is -0.0388. The molecule has 0 fully saturated rings. The highest BCUT2D eigenvalue weighted by Gasteiger charge is 2.46. The molecule has 1 atom stereocenters. The largest absolute Gasteiger partial charge is 0.484 e. The predicted molar refractivity (Wildman–Crippen MR) is 212 cm³/mol. The first-order valence-corrected chi connectivity index (χ1v) is 21.2. The summed E-state index contributed by atoms with van der Waals surface area (Å²) < 4.78 is 7.03. The third-order valence-electron chi connectivity index (χ3n) is 8.16. The lowest BCUT2D eigenvalue weighted by molar-refractivity contribution is -0.0749. The van der Waals surface area contributed by atoms with Crippen LogP contribution in [0.4, 0.5) is 0 Å². The number of hydrogen-bond acceptors (Lipinski definition) is 16. The summed E-state index contributed by atoms with van der Waals surface area (Å²) in [5, 5.41) is 32.0. The topological polar surface area (TPSA) is 313 Å². The fourth-order valence-electron chi connectivity index (χ4n) is 5.38. The number of aliphatic hydroxyl groups is 3. The van der Waals surface area contributed by atoms with Crippen LogP contribution in [0.1, 0.15) is 128 Å². The van der Waals surface area contributed by atoms with Gasteiger partial charge in [-0.2, -0.15) is 0 Å². The van der Waals surface area contributed by atoms with Crippen LogP contribution in [0.5, 0.6) is 5.75 Å². The summed E-state index contributed by atoms with van der Waals surface area (Å²) in [7, 11) is -10.5. The highest BCUT2D eigenvalue weighted by Crippen LogP contribution is 2.51. The van der Waals surface area contributed by atoms with E-state index in [1.54, 1.807) is 0 Å². The van der Waals surface area contributed by atoms with Crippen LogP contribution in [0.3, 0.4) is 0 Å². The summed E-state index contributed by atoms with van der Waals surface area (Å²) in [5.74, 6) is 0.809. The summed E-state index contributed by atoms with van der Waals surface area (Å²) in [4.78, 5) is 86.8. The summed E-state index contributed by atoms with van der Waals surface area (Å²) in [6.45, 7) is 25.4. The molecule has 0 saturated heterocycles. The maximum absolute atomic E-state index is 10.7. The number of benzene rings is 2. The van der Waals surface area contributed by atoms with Gasteiger partial charge in [-0.3, -0.25) is 0 Å². The zero-order valence-electron chi connectivity index (χ0n) is 33.1. The molecule has 0 radical (unpaired) electrons. The molecule has 1 aliphatic heterocycles. The van der Waals surface area contributed by atoms with E-state index in [1.807, 2.05) is 0 Å². The van der Waals surface area contributed by atoms with Crippen molar-refractivity contribution in [2.24, 2.45) is 5.41 Å². The Morgan fingerprint density at radius 3 is 1.06 bits per heavy atom. The van der Waals surface area contributed by atoms with Crippen molar-refractivity contribution in [1.82, 2.24) is 0 Å². The maximum atomic E-state index is 10.7. The van der Waals surface area contributed by atoms with Crippen LogP contribution in [-0.4, -0.2) is 93.9 Å². The molecule has 0 bridgehead atoms. The first-order chi connectivity index (χ1) is 24.1. The second kappa shape index (κ2) is 23.1. The molecule has 54 heavy (non-hydrogen) atoms. The molecule has 1 heterocycles. The minimum Gasteiger partial charge on any atom is -0.484 e. The molecule has 0 spiro atoms. The molecule has 316 valence electrons. The third-order valence-corrected chi connectivity index (χ3v) is 8.16. The van der Waals surface area contributed by atoms with Crippen LogP contribution in [-0.2, 0) is 28.1 Å². The third kappa shape index (κ3) is 19.2. The molecule has 3 rings (SSSR count). The minimum atomic E-state index is -2.62. The molecular formula is C34H64O16P4.